The number of carbonyl (C=O) groups is 2. The predicted octanol–water partition coefficient (Wildman–Crippen LogP) is 1.64. The first kappa shape index (κ1) is 14.8. The van der Waals surface area contributed by atoms with Gasteiger partial charge in [-0.05, 0) is 17.7 Å². The van der Waals surface area contributed by atoms with Crippen molar-refractivity contribution in [3.05, 3.63) is 60.1 Å². The smallest absolute Gasteiger partial charge is 0.239 e. The van der Waals surface area contributed by atoms with E-state index in [1.807, 2.05) is 36.4 Å². The molecule has 0 radical (unpaired) electrons. The maximum absolute atomic E-state index is 11.6. The van der Waals surface area contributed by atoms with Crippen molar-refractivity contribution in [1.82, 2.24) is 10.6 Å². The van der Waals surface area contributed by atoms with Gasteiger partial charge in [-0.1, -0.05) is 30.3 Å². The number of nitrogens with one attached hydrogen (secondary N) is 2. The number of rotatable bonds is 7. The zero-order valence-corrected chi connectivity index (χ0v) is 11.7. The van der Waals surface area contributed by atoms with Crippen LogP contribution in [-0.4, -0.2) is 18.4 Å². The normalized spacial score (nSPS) is 10.1. The number of furan rings is 1. The third kappa shape index (κ3) is 5.52. The van der Waals surface area contributed by atoms with Crippen LogP contribution in [-0.2, 0) is 22.6 Å². The molecule has 0 saturated carbocycles. The molecule has 0 aliphatic rings. The monoisotopic (exact) mass is 286 g/mol. The minimum Gasteiger partial charge on any atom is -0.469 e. The first-order chi connectivity index (χ1) is 10.2. The molecule has 110 valence electrons. The molecule has 1 heterocycles. The average Bonchev–Trinajstić information content (AvgIpc) is 3.03. The summed E-state index contributed by atoms with van der Waals surface area (Å²) in [5.41, 5.74) is 1.02. The largest absolute Gasteiger partial charge is 0.469 e. The lowest BCUT2D eigenvalue weighted by molar-refractivity contribution is -0.126. The molecule has 2 aromatic rings. The Hall–Kier alpha value is -2.56. The van der Waals surface area contributed by atoms with Gasteiger partial charge in [-0.2, -0.15) is 0 Å². The first-order valence-corrected chi connectivity index (χ1v) is 6.84. The first-order valence-electron chi connectivity index (χ1n) is 6.84. The van der Waals surface area contributed by atoms with Crippen LogP contribution >= 0.6 is 0 Å². The fourth-order valence-electron chi connectivity index (χ4n) is 1.82. The van der Waals surface area contributed by atoms with Crippen LogP contribution in [0.2, 0.25) is 0 Å². The molecule has 5 nitrogen and oxygen atoms in total. The van der Waals surface area contributed by atoms with Gasteiger partial charge in [-0.15, -0.1) is 0 Å². The fraction of sp³-hybridized carbons (Fsp3) is 0.250. The van der Waals surface area contributed by atoms with Gasteiger partial charge < -0.3 is 15.1 Å². The molecule has 2 rings (SSSR count). The van der Waals surface area contributed by atoms with E-state index in [4.69, 9.17) is 4.42 Å². The molecular weight excluding hydrogens is 268 g/mol. The molecule has 0 fully saturated rings. The third-order valence-corrected chi connectivity index (χ3v) is 2.96. The van der Waals surface area contributed by atoms with Gasteiger partial charge in [0, 0.05) is 19.4 Å². The van der Waals surface area contributed by atoms with Crippen molar-refractivity contribution in [2.75, 3.05) is 6.54 Å². The van der Waals surface area contributed by atoms with Crippen LogP contribution in [0.5, 0.6) is 0 Å². The molecule has 0 aliphatic carbocycles. The molecule has 0 unspecified atom stereocenters. The van der Waals surface area contributed by atoms with E-state index in [2.05, 4.69) is 10.6 Å². The van der Waals surface area contributed by atoms with Crippen molar-refractivity contribution < 1.29 is 14.0 Å². The van der Waals surface area contributed by atoms with Gasteiger partial charge in [0.25, 0.3) is 0 Å². The SMILES string of the molecule is O=C(CCc1ccco1)NCC(=O)NCc1ccccc1. The lowest BCUT2D eigenvalue weighted by Crippen LogP contribution is -2.36. The summed E-state index contributed by atoms with van der Waals surface area (Å²) in [6.45, 7) is 0.450. The summed E-state index contributed by atoms with van der Waals surface area (Å²) >= 11 is 0. The van der Waals surface area contributed by atoms with Crippen molar-refractivity contribution in [1.29, 1.82) is 0 Å². The van der Waals surface area contributed by atoms with E-state index >= 15 is 0 Å². The fourth-order valence-corrected chi connectivity index (χ4v) is 1.82. The highest BCUT2D eigenvalue weighted by Gasteiger charge is 2.06. The van der Waals surface area contributed by atoms with E-state index in [9.17, 15) is 9.59 Å². The van der Waals surface area contributed by atoms with E-state index in [1.54, 1.807) is 12.3 Å². The summed E-state index contributed by atoms with van der Waals surface area (Å²) in [5, 5.41) is 5.34. The molecule has 1 aromatic heterocycles. The third-order valence-electron chi connectivity index (χ3n) is 2.96. The topological polar surface area (TPSA) is 71.3 Å². The second-order valence-electron chi connectivity index (χ2n) is 4.62. The summed E-state index contributed by atoms with van der Waals surface area (Å²) in [6.07, 6.45) is 2.41. The summed E-state index contributed by atoms with van der Waals surface area (Å²) in [4.78, 5) is 23.2. The Morgan fingerprint density at radius 1 is 0.952 bits per heavy atom. The highest BCUT2D eigenvalue weighted by atomic mass is 16.3. The molecule has 2 amide bonds. The van der Waals surface area contributed by atoms with E-state index in [1.165, 1.54) is 0 Å². The van der Waals surface area contributed by atoms with Crippen molar-refractivity contribution in [2.45, 2.75) is 19.4 Å². The summed E-state index contributed by atoms with van der Waals surface area (Å²) in [7, 11) is 0. The zero-order chi connectivity index (χ0) is 14.9. The predicted molar refractivity (Wildman–Crippen MR) is 78.3 cm³/mol. The Morgan fingerprint density at radius 3 is 2.48 bits per heavy atom. The van der Waals surface area contributed by atoms with Crippen LogP contribution in [0.3, 0.4) is 0 Å². The Morgan fingerprint density at radius 2 is 1.76 bits per heavy atom. The molecular formula is C16H18N2O3. The number of hydrogen-bond acceptors (Lipinski definition) is 3. The standard InChI is InChI=1S/C16H18N2O3/c19-15(9-8-14-7-4-10-21-14)18-12-16(20)17-11-13-5-2-1-3-6-13/h1-7,10H,8-9,11-12H2,(H,17,20)(H,18,19). The van der Waals surface area contributed by atoms with Gasteiger partial charge in [-0.3, -0.25) is 9.59 Å². The molecule has 21 heavy (non-hydrogen) atoms. The van der Waals surface area contributed by atoms with E-state index in [-0.39, 0.29) is 18.4 Å². The van der Waals surface area contributed by atoms with Crippen molar-refractivity contribution >= 4 is 11.8 Å². The number of amides is 2. The Kier molecular flexibility index (Phi) is 5.58. The maximum Gasteiger partial charge on any atom is 0.239 e. The molecule has 5 heteroatoms. The maximum atomic E-state index is 11.6. The Balaban J connectivity index is 1.61. The number of hydrogen-bond donors (Lipinski definition) is 2. The highest BCUT2D eigenvalue weighted by molar-refractivity contribution is 5.84. The van der Waals surface area contributed by atoms with Crippen LogP contribution in [0, 0.1) is 0 Å². The summed E-state index contributed by atoms with van der Waals surface area (Å²) in [6, 6.07) is 13.2. The van der Waals surface area contributed by atoms with Crippen LogP contribution in [0.25, 0.3) is 0 Å². The number of carbonyl (C=O) groups excluding carboxylic acids is 2. The van der Waals surface area contributed by atoms with Crippen LogP contribution in [0.15, 0.2) is 53.1 Å². The van der Waals surface area contributed by atoms with Crippen molar-refractivity contribution in [3.63, 3.8) is 0 Å². The molecule has 1 aromatic carbocycles. The molecule has 2 N–H and O–H groups in total. The van der Waals surface area contributed by atoms with Gasteiger partial charge >= 0.3 is 0 Å². The van der Waals surface area contributed by atoms with Gasteiger partial charge in [0.1, 0.15) is 5.76 Å². The van der Waals surface area contributed by atoms with Gasteiger partial charge in [0.15, 0.2) is 0 Å². The lowest BCUT2D eigenvalue weighted by atomic mass is 10.2. The van der Waals surface area contributed by atoms with E-state index in [0.29, 0.717) is 19.4 Å². The van der Waals surface area contributed by atoms with Gasteiger partial charge in [0.2, 0.25) is 11.8 Å². The summed E-state index contributed by atoms with van der Waals surface area (Å²) in [5.74, 6) is 0.394. The minimum absolute atomic E-state index is 0.0101. The van der Waals surface area contributed by atoms with Gasteiger partial charge in [0.05, 0.1) is 12.8 Å². The minimum atomic E-state index is -0.204. The second kappa shape index (κ2) is 7.89. The molecule has 0 atom stereocenters. The second-order valence-corrected chi connectivity index (χ2v) is 4.62. The number of aryl methyl sites for hydroxylation is 1. The van der Waals surface area contributed by atoms with Crippen LogP contribution < -0.4 is 10.6 Å². The average molecular weight is 286 g/mol. The lowest BCUT2D eigenvalue weighted by Gasteiger charge is -2.06. The van der Waals surface area contributed by atoms with Crippen LogP contribution in [0.4, 0.5) is 0 Å². The molecule has 0 bridgehead atoms. The Bertz CT molecular complexity index is 564. The Labute approximate surface area is 123 Å². The molecule has 0 saturated heterocycles. The molecule has 0 aliphatic heterocycles. The summed E-state index contributed by atoms with van der Waals surface area (Å²) < 4.78 is 5.14. The number of benzene rings is 1. The van der Waals surface area contributed by atoms with Gasteiger partial charge in [-0.25, -0.2) is 0 Å². The van der Waals surface area contributed by atoms with Crippen molar-refractivity contribution in [3.8, 4) is 0 Å². The molecule has 0 spiro atoms. The van der Waals surface area contributed by atoms with E-state index < -0.39 is 0 Å². The van der Waals surface area contributed by atoms with Crippen LogP contribution in [0.1, 0.15) is 17.7 Å². The van der Waals surface area contributed by atoms with E-state index in [0.717, 1.165) is 11.3 Å². The zero-order valence-electron chi connectivity index (χ0n) is 11.7. The van der Waals surface area contributed by atoms with Crippen molar-refractivity contribution in [2.24, 2.45) is 0 Å². The quantitative estimate of drug-likeness (QED) is 0.813. The highest BCUT2D eigenvalue weighted by Crippen LogP contribution is 2.03.